The van der Waals surface area contributed by atoms with Crippen LogP contribution < -0.4 is 5.32 Å². The number of nitrogens with zero attached hydrogens (tertiary/aromatic N) is 1. The van der Waals surface area contributed by atoms with Crippen molar-refractivity contribution in [1.82, 2.24) is 10.2 Å². The van der Waals surface area contributed by atoms with Gasteiger partial charge in [0.2, 0.25) is 0 Å². The SMILES string of the molecule is CCCC(=O)CN1C(=O)NC(C)(C)C1=O. The Hall–Kier alpha value is -1.39. The summed E-state index contributed by atoms with van der Waals surface area (Å²) in [4.78, 5) is 35.4. The third-order valence-electron chi connectivity index (χ3n) is 2.31. The quantitative estimate of drug-likeness (QED) is 0.697. The number of hydrogen-bond donors (Lipinski definition) is 1. The van der Waals surface area contributed by atoms with Crippen LogP contribution in [0.1, 0.15) is 33.6 Å². The molecule has 1 rings (SSSR count). The van der Waals surface area contributed by atoms with Gasteiger partial charge >= 0.3 is 6.03 Å². The van der Waals surface area contributed by atoms with Crippen LogP contribution in [0.3, 0.4) is 0 Å². The van der Waals surface area contributed by atoms with Crippen molar-refractivity contribution in [1.29, 1.82) is 0 Å². The van der Waals surface area contributed by atoms with Gasteiger partial charge in [-0.1, -0.05) is 6.92 Å². The van der Waals surface area contributed by atoms with Gasteiger partial charge in [-0.2, -0.15) is 0 Å². The van der Waals surface area contributed by atoms with Gasteiger partial charge in [-0.25, -0.2) is 4.79 Å². The molecule has 1 saturated heterocycles. The summed E-state index contributed by atoms with van der Waals surface area (Å²) in [6, 6.07) is -0.477. The first kappa shape index (κ1) is 11.7. The summed E-state index contributed by atoms with van der Waals surface area (Å²) in [5.74, 6) is -0.421. The van der Waals surface area contributed by atoms with E-state index in [1.54, 1.807) is 13.8 Å². The van der Waals surface area contributed by atoms with Crippen molar-refractivity contribution in [2.24, 2.45) is 0 Å². The van der Waals surface area contributed by atoms with Crippen LogP contribution in [0.4, 0.5) is 4.79 Å². The zero-order valence-corrected chi connectivity index (χ0v) is 9.29. The third kappa shape index (κ3) is 2.34. The van der Waals surface area contributed by atoms with Crippen LogP contribution in [0.5, 0.6) is 0 Å². The Labute approximate surface area is 88.8 Å². The fourth-order valence-electron chi connectivity index (χ4n) is 1.50. The topological polar surface area (TPSA) is 66.5 Å². The van der Waals surface area contributed by atoms with E-state index in [2.05, 4.69) is 5.32 Å². The molecule has 0 aromatic heterocycles. The molecule has 1 heterocycles. The summed E-state index contributed by atoms with van der Waals surface area (Å²) in [5.41, 5.74) is -0.885. The van der Waals surface area contributed by atoms with Gasteiger partial charge in [0.15, 0.2) is 5.78 Å². The van der Waals surface area contributed by atoms with Gasteiger partial charge in [-0.15, -0.1) is 0 Å². The molecule has 0 bridgehead atoms. The second-order valence-electron chi connectivity index (χ2n) is 4.24. The minimum absolute atomic E-state index is 0.0845. The molecule has 5 nitrogen and oxygen atoms in total. The van der Waals surface area contributed by atoms with Gasteiger partial charge in [0.1, 0.15) is 5.54 Å². The van der Waals surface area contributed by atoms with Crippen LogP contribution in [-0.4, -0.2) is 34.7 Å². The van der Waals surface area contributed by atoms with Crippen molar-refractivity contribution in [2.45, 2.75) is 39.2 Å². The molecule has 0 unspecified atom stereocenters. The Kier molecular flexibility index (Phi) is 3.12. The fourth-order valence-corrected chi connectivity index (χ4v) is 1.50. The number of ketones is 1. The molecule has 1 aliphatic rings. The van der Waals surface area contributed by atoms with E-state index in [0.717, 1.165) is 11.3 Å². The predicted octanol–water partition coefficient (Wildman–Crippen LogP) is 0.686. The first-order chi connectivity index (χ1) is 6.88. The summed E-state index contributed by atoms with van der Waals surface area (Å²) < 4.78 is 0. The molecule has 0 saturated carbocycles. The van der Waals surface area contributed by atoms with Crippen molar-refractivity contribution in [3.05, 3.63) is 0 Å². The molecule has 3 amide bonds. The number of carbonyl (C=O) groups is 3. The number of rotatable bonds is 4. The molecular weight excluding hydrogens is 196 g/mol. The molecule has 15 heavy (non-hydrogen) atoms. The Morgan fingerprint density at radius 3 is 2.40 bits per heavy atom. The molecule has 0 aromatic rings. The zero-order chi connectivity index (χ0) is 11.6. The maximum absolute atomic E-state index is 11.7. The lowest BCUT2D eigenvalue weighted by Crippen LogP contribution is -2.41. The standard InChI is InChI=1S/C10H16N2O3/c1-4-5-7(13)6-12-8(14)10(2,3)11-9(12)15/h4-6H2,1-3H3,(H,11,15). The number of imide groups is 1. The maximum atomic E-state index is 11.7. The number of nitrogens with one attached hydrogen (secondary N) is 1. The van der Waals surface area contributed by atoms with Crippen LogP contribution in [-0.2, 0) is 9.59 Å². The van der Waals surface area contributed by atoms with E-state index in [4.69, 9.17) is 0 Å². The minimum Gasteiger partial charge on any atom is -0.324 e. The lowest BCUT2D eigenvalue weighted by atomic mass is 10.1. The number of hydrogen-bond acceptors (Lipinski definition) is 3. The summed E-state index contributed by atoms with van der Waals surface area (Å²) in [6.45, 7) is 5.02. The molecule has 0 spiro atoms. The van der Waals surface area contributed by atoms with Gasteiger partial charge in [-0.3, -0.25) is 14.5 Å². The number of amides is 3. The molecular formula is C10H16N2O3. The minimum atomic E-state index is -0.885. The van der Waals surface area contributed by atoms with E-state index in [1.807, 2.05) is 6.92 Å². The molecule has 0 atom stereocenters. The third-order valence-corrected chi connectivity index (χ3v) is 2.31. The highest BCUT2D eigenvalue weighted by atomic mass is 16.2. The van der Waals surface area contributed by atoms with Gasteiger partial charge in [0.05, 0.1) is 6.54 Å². The number of Topliss-reactive ketones (excluding diaryl/α,β-unsaturated/α-hetero) is 1. The molecule has 0 aliphatic carbocycles. The predicted molar refractivity (Wildman–Crippen MR) is 54.2 cm³/mol. The van der Waals surface area contributed by atoms with E-state index in [1.165, 1.54) is 0 Å². The van der Waals surface area contributed by atoms with Crippen LogP contribution in [0.15, 0.2) is 0 Å². The highest BCUT2D eigenvalue weighted by molar-refractivity contribution is 6.08. The molecule has 1 aliphatic heterocycles. The van der Waals surface area contributed by atoms with E-state index < -0.39 is 11.6 Å². The highest BCUT2D eigenvalue weighted by Crippen LogP contribution is 2.16. The first-order valence-electron chi connectivity index (χ1n) is 5.04. The van der Waals surface area contributed by atoms with Crippen molar-refractivity contribution in [3.63, 3.8) is 0 Å². The molecule has 1 fully saturated rings. The average Bonchev–Trinajstić information content (AvgIpc) is 2.28. The molecule has 1 N–H and O–H groups in total. The zero-order valence-electron chi connectivity index (χ0n) is 9.29. The van der Waals surface area contributed by atoms with Crippen LogP contribution in [0.25, 0.3) is 0 Å². The van der Waals surface area contributed by atoms with Crippen LogP contribution in [0.2, 0.25) is 0 Å². The Bertz CT molecular complexity index is 310. The number of urea groups is 1. The maximum Gasteiger partial charge on any atom is 0.325 e. The van der Waals surface area contributed by atoms with Crippen molar-refractivity contribution >= 4 is 17.7 Å². The van der Waals surface area contributed by atoms with Crippen LogP contribution >= 0.6 is 0 Å². The lowest BCUT2D eigenvalue weighted by Gasteiger charge is -2.15. The van der Waals surface area contributed by atoms with Gasteiger partial charge in [0, 0.05) is 6.42 Å². The Balaban J connectivity index is 2.67. The normalized spacial score (nSPS) is 19.3. The second kappa shape index (κ2) is 4.00. The summed E-state index contributed by atoms with van der Waals surface area (Å²) in [5, 5.41) is 2.53. The van der Waals surface area contributed by atoms with Crippen molar-refractivity contribution < 1.29 is 14.4 Å². The molecule has 5 heteroatoms. The molecule has 0 radical (unpaired) electrons. The Morgan fingerprint density at radius 1 is 1.40 bits per heavy atom. The second-order valence-corrected chi connectivity index (χ2v) is 4.24. The summed E-state index contributed by atoms with van der Waals surface area (Å²) in [7, 11) is 0. The van der Waals surface area contributed by atoms with Gasteiger partial charge in [0.25, 0.3) is 5.91 Å². The van der Waals surface area contributed by atoms with E-state index >= 15 is 0 Å². The largest absolute Gasteiger partial charge is 0.325 e. The lowest BCUT2D eigenvalue weighted by molar-refractivity contribution is -0.133. The first-order valence-corrected chi connectivity index (χ1v) is 5.04. The van der Waals surface area contributed by atoms with E-state index in [9.17, 15) is 14.4 Å². The van der Waals surface area contributed by atoms with E-state index in [0.29, 0.717) is 6.42 Å². The summed E-state index contributed by atoms with van der Waals surface area (Å²) in [6.07, 6.45) is 1.13. The monoisotopic (exact) mass is 212 g/mol. The van der Waals surface area contributed by atoms with Crippen molar-refractivity contribution in [2.75, 3.05) is 6.54 Å². The van der Waals surface area contributed by atoms with Crippen molar-refractivity contribution in [3.8, 4) is 0 Å². The van der Waals surface area contributed by atoms with Gasteiger partial charge < -0.3 is 5.32 Å². The highest BCUT2D eigenvalue weighted by Gasteiger charge is 2.44. The smallest absolute Gasteiger partial charge is 0.324 e. The Morgan fingerprint density at radius 2 is 2.00 bits per heavy atom. The van der Waals surface area contributed by atoms with Crippen LogP contribution in [0, 0.1) is 0 Å². The fraction of sp³-hybridized carbons (Fsp3) is 0.700. The van der Waals surface area contributed by atoms with Gasteiger partial charge in [-0.05, 0) is 20.3 Å². The average molecular weight is 212 g/mol. The number of carbonyl (C=O) groups excluding carboxylic acids is 3. The van der Waals surface area contributed by atoms with E-state index in [-0.39, 0.29) is 18.2 Å². The summed E-state index contributed by atoms with van der Waals surface area (Å²) >= 11 is 0. The molecule has 0 aromatic carbocycles. The molecule has 84 valence electrons.